The van der Waals surface area contributed by atoms with Gasteiger partial charge in [-0.3, -0.25) is 0 Å². The number of hydrogen-bond acceptors (Lipinski definition) is 1. The molecule has 19 heavy (non-hydrogen) atoms. The summed E-state index contributed by atoms with van der Waals surface area (Å²) in [5, 5.41) is 0. The van der Waals surface area contributed by atoms with Crippen molar-refractivity contribution in [1.82, 2.24) is 4.98 Å². The Hall–Kier alpha value is -1.09. The van der Waals surface area contributed by atoms with E-state index in [1.807, 2.05) is 32.2 Å². The third-order valence-corrected chi connectivity index (χ3v) is 7.64. The van der Waals surface area contributed by atoms with E-state index in [-0.39, 0.29) is 0 Å². The van der Waals surface area contributed by atoms with Crippen molar-refractivity contribution < 1.29 is 1.37 Å². The Kier molecular flexibility index (Phi) is 3.74. The molecular formula is C17H23GeN. The van der Waals surface area contributed by atoms with Gasteiger partial charge in [-0.15, -0.1) is 0 Å². The molecule has 0 aliphatic carbocycles. The second kappa shape index (κ2) is 5.50. The summed E-state index contributed by atoms with van der Waals surface area (Å²) in [7, 11) is 0. The van der Waals surface area contributed by atoms with Crippen molar-refractivity contribution in [2.75, 3.05) is 0 Å². The number of rotatable bonds is 3. The molecule has 1 aromatic heterocycles. The van der Waals surface area contributed by atoms with Crippen LogP contribution in [0.5, 0.6) is 0 Å². The Morgan fingerprint density at radius 2 is 1.63 bits per heavy atom. The maximum atomic E-state index is 8.04. The molecule has 0 bridgehead atoms. The second-order valence-corrected chi connectivity index (χ2v) is 16.9. The van der Waals surface area contributed by atoms with Gasteiger partial charge in [0.05, 0.1) is 0 Å². The van der Waals surface area contributed by atoms with Gasteiger partial charge in [0, 0.05) is 0 Å². The molecule has 0 aliphatic rings. The van der Waals surface area contributed by atoms with Crippen LogP contribution in [0, 0.1) is 0 Å². The van der Waals surface area contributed by atoms with Crippen molar-refractivity contribution in [2.45, 2.75) is 37.0 Å². The molecule has 2 aromatic rings. The van der Waals surface area contributed by atoms with Crippen molar-refractivity contribution in [2.24, 2.45) is 0 Å². The van der Waals surface area contributed by atoms with E-state index < -0.39 is 19.2 Å². The van der Waals surface area contributed by atoms with Crippen molar-refractivity contribution in [1.29, 1.82) is 0 Å². The topological polar surface area (TPSA) is 12.9 Å². The molecule has 0 saturated heterocycles. The van der Waals surface area contributed by atoms with Crippen LogP contribution in [-0.2, 0) is 0 Å². The summed E-state index contributed by atoms with van der Waals surface area (Å²) < 4.78 is 9.46. The van der Waals surface area contributed by atoms with E-state index in [0.29, 0.717) is 0 Å². The van der Waals surface area contributed by atoms with Gasteiger partial charge in [-0.05, 0) is 0 Å². The summed E-state index contributed by atoms with van der Waals surface area (Å²) in [4.78, 5) is 4.61. The van der Waals surface area contributed by atoms with E-state index >= 15 is 0 Å². The first-order valence-corrected chi connectivity index (χ1v) is 14.1. The predicted octanol–water partition coefficient (Wildman–Crippen LogP) is 4.42. The van der Waals surface area contributed by atoms with E-state index in [2.05, 4.69) is 46.5 Å². The SMILES string of the molecule is [2H]C(C)(C)c1ccc(-c2cc[c]([Ge]([CH3])([CH3])[CH3])cn2)cc1. The molecule has 1 heterocycles. The van der Waals surface area contributed by atoms with Gasteiger partial charge in [0.2, 0.25) is 0 Å². The monoisotopic (exact) mass is 316 g/mol. The molecule has 0 unspecified atom stereocenters. The summed E-state index contributed by atoms with van der Waals surface area (Å²) >= 11 is -1.77. The third-order valence-electron chi connectivity index (χ3n) is 3.39. The van der Waals surface area contributed by atoms with Crippen LogP contribution in [0.3, 0.4) is 0 Å². The van der Waals surface area contributed by atoms with E-state index in [1.165, 1.54) is 4.40 Å². The molecule has 0 aliphatic heterocycles. The van der Waals surface area contributed by atoms with Crippen LogP contribution in [0.1, 0.15) is 26.7 Å². The first kappa shape index (κ1) is 12.9. The fraction of sp³-hybridized carbons (Fsp3) is 0.353. The Balaban J connectivity index is 2.29. The number of benzene rings is 1. The van der Waals surface area contributed by atoms with Crippen LogP contribution >= 0.6 is 0 Å². The van der Waals surface area contributed by atoms with Gasteiger partial charge in [-0.25, -0.2) is 0 Å². The standard InChI is InChI=1S/C17H23GeN/c1-13(2)14-6-8-15(9-7-14)17-11-10-16(12-19-17)18(3,4)5/h6-13H,1-5H3/i13D. The Labute approximate surface area is 120 Å². The van der Waals surface area contributed by atoms with Crippen LogP contribution in [-0.4, -0.2) is 18.3 Å². The summed E-state index contributed by atoms with van der Waals surface area (Å²) in [5.74, 6) is 6.58. The van der Waals surface area contributed by atoms with Gasteiger partial charge in [0.15, 0.2) is 0 Å². The minimum absolute atomic E-state index is 0.546. The molecule has 0 N–H and O–H groups in total. The van der Waals surface area contributed by atoms with Gasteiger partial charge < -0.3 is 0 Å². The van der Waals surface area contributed by atoms with Crippen LogP contribution in [0.15, 0.2) is 42.6 Å². The zero-order valence-corrected chi connectivity index (χ0v) is 14.6. The number of pyridine rings is 1. The average molecular weight is 315 g/mol. The molecular weight excluding hydrogens is 291 g/mol. The van der Waals surface area contributed by atoms with Crippen LogP contribution in [0.4, 0.5) is 0 Å². The van der Waals surface area contributed by atoms with Gasteiger partial charge in [0.25, 0.3) is 0 Å². The summed E-state index contributed by atoms with van der Waals surface area (Å²) in [6, 6.07) is 12.5. The Morgan fingerprint density at radius 1 is 1.00 bits per heavy atom. The Morgan fingerprint density at radius 3 is 2.05 bits per heavy atom. The number of aromatic nitrogens is 1. The van der Waals surface area contributed by atoms with E-state index in [1.54, 1.807) is 0 Å². The molecule has 0 amide bonds. The minimum atomic E-state index is -1.77. The van der Waals surface area contributed by atoms with Gasteiger partial charge >= 0.3 is 120 Å². The molecule has 1 nitrogen and oxygen atoms in total. The fourth-order valence-corrected chi connectivity index (χ4v) is 4.15. The summed E-state index contributed by atoms with van der Waals surface area (Å²) in [5.41, 5.74) is 3.16. The number of nitrogens with zero attached hydrogens (tertiary/aromatic N) is 1. The molecule has 0 fully saturated rings. The van der Waals surface area contributed by atoms with Crippen LogP contribution in [0.25, 0.3) is 11.3 Å². The van der Waals surface area contributed by atoms with Gasteiger partial charge in [-0.2, -0.15) is 0 Å². The van der Waals surface area contributed by atoms with E-state index in [4.69, 9.17) is 1.37 Å². The molecule has 0 atom stereocenters. The van der Waals surface area contributed by atoms with Crippen molar-refractivity contribution in [3.8, 4) is 11.3 Å². The zero-order valence-electron chi connectivity index (χ0n) is 13.5. The van der Waals surface area contributed by atoms with Crippen molar-refractivity contribution in [3.05, 3.63) is 48.2 Å². The molecule has 100 valence electrons. The first-order valence-electron chi connectivity index (χ1n) is 7.25. The van der Waals surface area contributed by atoms with Gasteiger partial charge in [0.1, 0.15) is 0 Å². The average Bonchev–Trinajstić information content (AvgIpc) is 2.37. The van der Waals surface area contributed by atoms with E-state index in [9.17, 15) is 0 Å². The predicted molar refractivity (Wildman–Crippen MR) is 86.7 cm³/mol. The Bertz CT molecular complexity index is 519. The maximum absolute atomic E-state index is 8.04. The molecule has 1 aromatic carbocycles. The zero-order chi connectivity index (χ0) is 15.0. The van der Waals surface area contributed by atoms with Crippen LogP contribution < -0.4 is 4.40 Å². The fourth-order valence-electron chi connectivity index (χ4n) is 1.98. The van der Waals surface area contributed by atoms with Crippen molar-refractivity contribution in [3.63, 3.8) is 0 Å². The molecule has 0 radical (unpaired) electrons. The van der Waals surface area contributed by atoms with Gasteiger partial charge in [-0.1, -0.05) is 0 Å². The summed E-state index contributed by atoms with van der Waals surface area (Å²) in [6.45, 7) is 3.81. The third kappa shape index (κ3) is 3.47. The normalized spacial score (nSPS) is 13.2. The van der Waals surface area contributed by atoms with Crippen LogP contribution in [0.2, 0.25) is 17.3 Å². The molecule has 0 saturated carbocycles. The van der Waals surface area contributed by atoms with E-state index in [0.717, 1.165) is 16.8 Å². The molecule has 0 spiro atoms. The quantitative estimate of drug-likeness (QED) is 0.764. The second-order valence-electron chi connectivity index (χ2n) is 6.26. The van der Waals surface area contributed by atoms with Crippen molar-refractivity contribution >= 4 is 17.7 Å². The summed E-state index contributed by atoms with van der Waals surface area (Å²) in [6.07, 6.45) is 2.04. The molecule has 2 rings (SSSR count). The molecule has 2 heteroatoms. The first-order chi connectivity index (χ1) is 9.18. The number of hydrogen-bond donors (Lipinski definition) is 0.